The van der Waals surface area contributed by atoms with Crippen molar-refractivity contribution in [1.29, 1.82) is 0 Å². The number of rotatable bonds is 11. The topological polar surface area (TPSA) is 232 Å². The molecule has 15 heteroatoms. The molecule has 1 aliphatic rings. The zero-order chi connectivity index (χ0) is 43.1. The first-order valence-corrected chi connectivity index (χ1v) is 20.3. The van der Waals surface area contributed by atoms with Crippen LogP contribution in [0.25, 0.3) is 0 Å². The van der Waals surface area contributed by atoms with E-state index in [0.29, 0.717) is 31.2 Å². The second-order valence-electron chi connectivity index (χ2n) is 15.3. The lowest BCUT2D eigenvalue weighted by molar-refractivity contribution is -0.142. The zero-order valence-corrected chi connectivity index (χ0v) is 34.3. The van der Waals surface area contributed by atoms with E-state index in [1.54, 1.807) is 38.1 Å². The average Bonchev–Trinajstić information content (AvgIpc) is 3.23. The average molecular weight is 814 g/mol. The summed E-state index contributed by atoms with van der Waals surface area (Å²) in [7, 11) is 1.45. The number of nitrogens with zero attached hydrogens (tertiary/aromatic N) is 1. The number of hydrogen-bond acceptors (Lipinski definition) is 9. The molecule has 1 aliphatic heterocycles. The van der Waals surface area contributed by atoms with Crippen LogP contribution in [0.3, 0.4) is 0 Å². The molecule has 6 amide bonds. The molecule has 1 saturated heterocycles. The van der Waals surface area contributed by atoms with Crippen molar-refractivity contribution in [3.8, 4) is 11.5 Å². The maximum absolute atomic E-state index is 14.2. The number of aryl methyl sites for hydroxylation is 1. The number of nitrogens with two attached hydrogens (primary N) is 1. The highest BCUT2D eigenvalue weighted by molar-refractivity contribution is 5.96. The molecule has 0 radical (unpaired) electrons. The second kappa shape index (κ2) is 22.3. The molecule has 0 saturated carbocycles. The molecule has 4 rings (SSSR count). The van der Waals surface area contributed by atoms with E-state index in [1.807, 2.05) is 37.3 Å². The number of amides is 6. The molecular weight excluding hydrogens is 755 g/mol. The minimum Gasteiger partial charge on any atom is -0.508 e. The maximum Gasteiger partial charge on any atom is 0.245 e. The Hall–Kier alpha value is -5.96. The van der Waals surface area contributed by atoms with E-state index in [-0.39, 0.29) is 43.7 Å². The SMILES string of the molecule is CC[C@H](C)[C@@H]1NC(=O)C(NC(=O)[C@@H](N)Cc2ccc(O)cc2)CCCCNC(=O)[C@H](Cc2ccccc2)NC(=O)[C@H](C)N(C)C(=O)C(CCc2ccc(O)cc2)NC1=O. The molecule has 0 bridgehead atoms. The van der Waals surface area contributed by atoms with Gasteiger partial charge in [0, 0.05) is 20.0 Å². The molecule has 1 fully saturated rings. The van der Waals surface area contributed by atoms with Crippen LogP contribution in [0.15, 0.2) is 78.9 Å². The lowest BCUT2D eigenvalue weighted by Crippen LogP contribution is -2.60. The third-order valence-electron chi connectivity index (χ3n) is 10.9. The summed E-state index contributed by atoms with van der Waals surface area (Å²) in [6, 6.07) is 15.5. The molecule has 7 atom stereocenters. The Morgan fingerprint density at radius 2 is 1.41 bits per heavy atom. The summed E-state index contributed by atoms with van der Waals surface area (Å²) >= 11 is 0. The molecule has 15 nitrogen and oxygen atoms in total. The van der Waals surface area contributed by atoms with Crippen LogP contribution in [-0.4, -0.2) is 100 Å². The van der Waals surface area contributed by atoms with E-state index in [9.17, 15) is 39.0 Å². The van der Waals surface area contributed by atoms with Crippen molar-refractivity contribution in [3.05, 3.63) is 95.6 Å². The van der Waals surface area contributed by atoms with Gasteiger partial charge >= 0.3 is 0 Å². The molecular formula is C44H59N7O8. The lowest BCUT2D eigenvalue weighted by Gasteiger charge is -2.32. The van der Waals surface area contributed by atoms with E-state index in [2.05, 4.69) is 26.6 Å². The first kappa shape index (κ1) is 45.7. The highest BCUT2D eigenvalue weighted by atomic mass is 16.3. The van der Waals surface area contributed by atoms with Gasteiger partial charge in [0.1, 0.15) is 41.7 Å². The molecule has 3 aromatic carbocycles. The van der Waals surface area contributed by atoms with E-state index >= 15 is 0 Å². The van der Waals surface area contributed by atoms with Gasteiger partial charge in [-0.2, -0.15) is 0 Å². The molecule has 318 valence electrons. The quantitative estimate of drug-likeness (QED) is 0.141. The van der Waals surface area contributed by atoms with E-state index in [1.165, 1.54) is 36.2 Å². The monoisotopic (exact) mass is 813 g/mol. The van der Waals surface area contributed by atoms with Crippen LogP contribution < -0.4 is 32.3 Å². The molecule has 0 aliphatic carbocycles. The largest absolute Gasteiger partial charge is 0.508 e. The fourth-order valence-electron chi connectivity index (χ4n) is 6.75. The third-order valence-corrected chi connectivity index (χ3v) is 10.9. The fraction of sp³-hybridized carbons (Fsp3) is 0.455. The maximum atomic E-state index is 14.2. The molecule has 2 unspecified atom stereocenters. The van der Waals surface area contributed by atoms with Crippen molar-refractivity contribution in [2.45, 2.75) is 108 Å². The van der Waals surface area contributed by atoms with Gasteiger partial charge in [-0.25, -0.2) is 0 Å². The normalized spacial score (nSPS) is 22.6. The Morgan fingerprint density at radius 3 is 2.03 bits per heavy atom. The summed E-state index contributed by atoms with van der Waals surface area (Å²) in [6.45, 7) is 5.40. The van der Waals surface area contributed by atoms with Gasteiger partial charge in [-0.3, -0.25) is 28.8 Å². The van der Waals surface area contributed by atoms with Crippen LogP contribution >= 0.6 is 0 Å². The number of hydrogen-bond donors (Lipinski definition) is 8. The number of phenols is 2. The number of likely N-dealkylation sites (N-methyl/N-ethyl adjacent to an activating group) is 1. The minimum absolute atomic E-state index is 0.0680. The van der Waals surface area contributed by atoms with Crippen LogP contribution in [-0.2, 0) is 48.0 Å². The van der Waals surface area contributed by atoms with Gasteiger partial charge < -0.3 is 47.4 Å². The summed E-state index contributed by atoms with van der Waals surface area (Å²) in [5, 5.41) is 33.6. The molecule has 3 aromatic rings. The Kier molecular flexibility index (Phi) is 17.3. The molecule has 59 heavy (non-hydrogen) atoms. The third kappa shape index (κ3) is 13.8. The molecule has 0 spiro atoms. The summed E-state index contributed by atoms with van der Waals surface area (Å²) < 4.78 is 0. The molecule has 1 heterocycles. The van der Waals surface area contributed by atoms with Gasteiger partial charge in [0.25, 0.3) is 0 Å². The molecule has 9 N–H and O–H groups in total. The number of aromatic hydroxyl groups is 2. The van der Waals surface area contributed by atoms with Gasteiger partial charge in [0.2, 0.25) is 35.4 Å². The van der Waals surface area contributed by atoms with Gasteiger partial charge in [0.15, 0.2) is 0 Å². The van der Waals surface area contributed by atoms with Gasteiger partial charge in [0.05, 0.1) is 6.04 Å². The van der Waals surface area contributed by atoms with E-state index < -0.39 is 77.6 Å². The van der Waals surface area contributed by atoms with Crippen molar-refractivity contribution >= 4 is 35.4 Å². The Labute approximate surface area is 345 Å². The standard InChI is InChI=1S/C44H59N7O8/c1-5-27(2)38-43(58)48-36(23-18-29-14-19-32(52)20-15-29)44(59)51(4)28(3)39(54)49-37(26-30-11-7-6-8-12-30)41(56)46-24-10-9-13-35(42(57)50-38)47-40(55)34(45)25-31-16-21-33(53)22-17-31/h6-8,11-12,14-17,19-22,27-28,34-38,52-53H,5,9-10,13,18,23-26,45H2,1-4H3,(H,46,56)(H,47,55)(H,48,58)(H,49,54)(H,50,57)/t27-,28-,34-,35?,36?,37-,38-/m0/s1. The van der Waals surface area contributed by atoms with Crippen molar-refractivity contribution in [2.24, 2.45) is 11.7 Å². The number of benzene rings is 3. The van der Waals surface area contributed by atoms with Gasteiger partial charge in [-0.05, 0) is 92.3 Å². The Bertz CT molecular complexity index is 1880. The van der Waals surface area contributed by atoms with E-state index in [4.69, 9.17) is 5.73 Å². The van der Waals surface area contributed by atoms with Crippen molar-refractivity contribution in [2.75, 3.05) is 13.6 Å². The summed E-state index contributed by atoms with van der Waals surface area (Å²) in [5.74, 6) is -3.64. The van der Waals surface area contributed by atoms with Crippen LogP contribution in [0.5, 0.6) is 11.5 Å². The lowest BCUT2D eigenvalue weighted by atomic mass is 9.96. The summed E-state index contributed by atoms with van der Waals surface area (Å²) in [5.41, 5.74) is 8.58. The van der Waals surface area contributed by atoms with Crippen molar-refractivity contribution in [3.63, 3.8) is 0 Å². The number of carbonyl (C=O) groups excluding carboxylic acids is 6. The Balaban J connectivity index is 1.65. The highest BCUT2D eigenvalue weighted by Crippen LogP contribution is 2.17. The van der Waals surface area contributed by atoms with Crippen LogP contribution in [0.2, 0.25) is 0 Å². The summed E-state index contributed by atoms with van der Waals surface area (Å²) in [4.78, 5) is 84.5. The molecule has 0 aromatic heterocycles. The van der Waals surface area contributed by atoms with Crippen molar-refractivity contribution < 1.29 is 39.0 Å². The van der Waals surface area contributed by atoms with Crippen molar-refractivity contribution in [1.82, 2.24) is 31.5 Å². The van der Waals surface area contributed by atoms with Gasteiger partial charge in [-0.1, -0.05) is 74.9 Å². The first-order chi connectivity index (χ1) is 28.2. The predicted molar refractivity (Wildman–Crippen MR) is 223 cm³/mol. The Morgan fingerprint density at radius 1 is 0.797 bits per heavy atom. The van der Waals surface area contributed by atoms with Crippen LogP contribution in [0, 0.1) is 5.92 Å². The second-order valence-corrected chi connectivity index (χ2v) is 15.3. The smallest absolute Gasteiger partial charge is 0.245 e. The predicted octanol–water partition coefficient (Wildman–Crippen LogP) is 1.98. The van der Waals surface area contributed by atoms with Crippen LogP contribution in [0.4, 0.5) is 0 Å². The fourth-order valence-corrected chi connectivity index (χ4v) is 6.75. The summed E-state index contributed by atoms with van der Waals surface area (Å²) in [6.07, 6.45) is 2.20. The number of nitrogens with one attached hydrogen (secondary N) is 5. The minimum atomic E-state index is -1.14. The van der Waals surface area contributed by atoms with Crippen LogP contribution in [0.1, 0.15) is 69.6 Å². The zero-order valence-electron chi connectivity index (χ0n) is 34.3. The van der Waals surface area contributed by atoms with Gasteiger partial charge in [-0.15, -0.1) is 0 Å². The number of phenolic OH excluding ortho intramolecular Hbond substituents is 2. The highest BCUT2D eigenvalue weighted by Gasteiger charge is 2.36. The number of carbonyl (C=O) groups is 6. The first-order valence-electron chi connectivity index (χ1n) is 20.3. The van der Waals surface area contributed by atoms with E-state index in [0.717, 1.165) is 11.1 Å².